The highest BCUT2D eigenvalue weighted by Gasteiger charge is 2.27. The quantitative estimate of drug-likeness (QED) is 0.652. The van der Waals surface area contributed by atoms with Crippen molar-refractivity contribution < 1.29 is 17.6 Å². The van der Waals surface area contributed by atoms with Crippen molar-refractivity contribution in [2.45, 2.75) is 37.6 Å². The molecule has 0 spiro atoms. The Balaban J connectivity index is 1.53. The predicted octanol–water partition coefficient (Wildman–Crippen LogP) is 4.10. The van der Waals surface area contributed by atoms with Crippen LogP contribution in [0.25, 0.3) is 11.0 Å². The first-order valence-corrected chi connectivity index (χ1v) is 11.1. The maximum absolute atomic E-state index is 12.6. The van der Waals surface area contributed by atoms with Gasteiger partial charge in [-0.15, -0.1) is 0 Å². The Labute approximate surface area is 170 Å². The van der Waals surface area contributed by atoms with Crippen LogP contribution in [-0.4, -0.2) is 37.9 Å². The molecule has 8 heteroatoms. The molecule has 1 unspecified atom stereocenters. The van der Waals surface area contributed by atoms with Gasteiger partial charge in [0.25, 0.3) is 0 Å². The van der Waals surface area contributed by atoms with Gasteiger partial charge in [-0.2, -0.15) is 4.31 Å². The summed E-state index contributed by atoms with van der Waals surface area (Å²) in [5.74, 6) is 2.18. The van der Waals surface area contributed by atoms with Crippen LogP contribution in [0.2, 0.25) is 0 Å². The molecule has 1 N–H and O–H groups in total. The summed E-state index contributed by atoms with van der Waals surface area (Å²) in [7, 11) is -1.81. The van der Waals surface area contributed by atoms with E-state index >= 15 is 0 Å². The Morgan fingerprint density at radius 2 is 1.97 bits per heavy atom. The Bertz CT molecular complexity index is 1120. The lowest BCUT2D eigenvalue weighted by Gasteiger charge is -2.16. The first-order valence-electron chi connectivity index (χ1n) is 9.70. The largest absolute Gasteiger partial charge is 0.497 e. The number of hydrogen-bond donors (Lipinski definition) is 1. The molecule has 0 radical (unpaired) electrons. The number of pyridine rings is 1. The van der Waals surface area contributed by atoms with E-state index in [1.54, 1.807) is 19.2 Å². The van der Waals surface area contributed by atoms with Crippen molar-refractivity contribution in [3.8, 4) is 5.75 Å². The molecule has 1 aliphatic heterocycles. The van der Waals surface area contributed by atoms with Gasteiger partial charge in [-0.25, -0.2) is 13.4 Å². The standard InChI is InChI=1S/C21H25N3O4S/c1-14-18-12-16(27-3)6-8-19(18)28-21(14)15(2)23-20-9-7-17(13-22-20)29(25,26)24-10-4-5-11-24/h6-9,12-13,15H,4-5,10-11H2,1-3H3,(H,22,23). The van der Waals surface area contributed by atoms with E-state index in [2.05, 4.69) is 10.3 Å². The van der Waals surface area contributed by atoms with Crippen molar-refractivity contribution in [3.05, 3.63) is 47.9 Å². The van der Waals surface area contributed by atoms with Crippen LogP contribution in [0, 0.1) is 6.92 Å². The third-order valence-corrected chi connectivity index (χ3v) is 7.26. The minimum absolute atomic E-state index is 0.137. The smallest absolute Gasteiger partial charge is 0.244 e. The van der Waals surface area contributed by atoms with E-state index in [9.17, 15) is 8.42 Å². The Morgan fingerprint density at radius 1 is 1.21 bits per heavy atom. The fourth-order valence-corrected chi connectivity index (χ4v) is 5.21. The van der Waals surface area contributed by atoms with Gasteiger partial charge < -0.3 is 14.5 Å². The minimum Gasteiger partial charge on any atom is -0.497 e. The number of anilines is 1. The molecule has 154 valence electrons. The first kappa shape index (κ1) is 19.7. The van der Waals surface area contributed by atoms with Crippen LogP contribution in [0.4, 0.5) is 5.82 Å². The van der Waals surface area contributed by atoms with Crippen molar-refractivity contribution >= 4 is 26.8 Å². The van der Waals surface area contributed by atoms with E-state index < -0.39 is 10.0 Å². The number of aromatic nitrogens is 1. The number of sulfonamides is 1. The number of hydrogen-bond acceptors (Lipinski definition) is 6. The van der Waals surface area contributed by atoms with Crippen LogP contribution < -0.4 is 10.1 Å². The lowest BCUT2D eigenvalue weighted by molar-refractivity contribution is 0.415. The zero-order valence-corrected chi connectivity index (χ0v) is 17.6. The molecule has 3 aromatic rings. The Kier molecular flexibility index (Phi) is 5.23. The molecule has 0 bridgehead atoms. The number of methoxy groups -OCH3 is 1. The Hall–Kier alpha value is -2.58. The summed E-state index contributed by atoms with van der Waals surface area (Å²) in [6, 6.07) is 8.89. The van der Waals surface area contributed by atoms with Crippen LogP contribution in [0.5, 0.6) is 5.75 Å². The van der Waals surface area contributed by atoms with Crippen LogP contribution in [-0.2, 0) is 10.0 Å². The van der Waals surface area contributed by atoms with Crippen molar-refractivity contribution in [2.75, 3.05) is 25.5 Å². The normalized spacial score (nSPS) is 16.2. The number of nitrogens with one attached hydrogen (secondary N) is 1. The Morgan fingerprint density at radius 3 is 2.62 bits per heavy atom. The highest BCUT2D eigenvalue weighted by atomic mass is 32.2. The molecule has 1 aromatic carbocycles. The number of furan rings is 1. The third kappa shape index (κ3) is 3.70. The first-order chi connectivity index (χ1) is 13.9. The van der Waals surface area contributed by atoms with E-state index in [0.717, 1.165) is 40.9 Å². The fraction of sp³-hybridized carbons (Fsp3) is 0.381. The van der Waals surface area contributed by atoms with Gasteiger partial charge in [0.2, 0.25) is 10.0 Å². The summed E-state index contributed by atoms with van der Waals surface area (Å²) in [5, 5.41) is 4.30. The van der Waals surface area contributed by atoms with Crippen LogP contribution >= 0.6 is 0 Å². The van der Waals surface area contributed by atoms with Crippen LogP contribution in [0.1, 0.15) is 37.1 Å². The molecular formula is C21H25N3O4S. The highest BCUT2D eigenvalue weighted by molar-refractivity contribution is 7.89. The minimum atomic E-state index is -3.45. The van der Waals surface area contributed by atoms with Crippen LogP contribution in [0.15, 0.2) is 45.8 Å². The van der Waals surface area contributed by atoms with Crippen LogP contribution in [0.3, 0.4) is 0 Å². The molecule has 0 amide bonds. The van der Waals surface area contributed by atoms with Crippen molar-refractivity contribution in [1.82, 2.24) is 9.29 Å². The topological polar surface area (TPSA) is 84.7 Å². The number of aryl methyl sites for hydroxylation is 1. The molecule has 0 saturated carbocycles. The molecule has 1 saturated heterocycles. The molecule has 3 heterocycles. The SMILES string of the molecule is COc1ccc2oc(C(C)Nc3ccc(S(=O)(=O)N4CCCC4)cn3)c(C)c2c1. The highest BCUT2D eigenvalue weighted by Crippen LogP contribution is 2.33. The number of ether oxygens (including phenoxy) is 1. The van der Waals surface area contributed by atoms with Crippen molar-refractivity contribution in [3.63, 3.8) is 0 Å². The molecule has 29 heavy (non-hydrogen) atoms. The monoisotopic (exact) mass is 415 g/mol. The van der Waals surface area contributed by atoms with Gasteiger partial charge in [-0.1, -0.05) is 0 Å². The van der Waals surface area contributed by atoms with Gasteiger partial charge in [0.05, 0.1) is 13.2 Å². The summed E-state index contributed by atoms with van der Waals surface area (Å²) >= 11 is 0. The number of rotatable bonds is 6. The molecule has 0 aliphatic carbocycles. The number of nitrogens with zero attached hydrogens (tertiary/aromatic N) is 2. The second-order valence-electron chi connectivity index (χ2n) is 7.31. The van der Waals surface area contributed by atoms with E-state index in [1.807, 2.05) is 32.0 Å². The lowest BCUT2D eigenvalue weighted by atomic mass is 10.1. The van der Waals surface area contributed by atoms with E-state index in [0.29, 0.717) is 18.9 Å². The summed E-state index contributed by atoms with van der Waals surface area (Å²) < 4.78 is 38.1. The maximum atomic E-state index is 12.6. The summed E-state index contributed by atoms with van der Waals surface area (Å²) in [5.41, 5.74) is 1.83. The molecular weight excluding hydrogens is 390 g/mol. The maximum Gasteiger partial charge on any atom is 0.244 e. The zero-order valence-electron chi connectivity index (χ0n) is 16.8. The van der Waals surface area contributed by atoms with E-state index in [-0.39, 0.29) is 10.9 Å². The summed E-state index contributed by atoms with van der Waals surface area (Å²) in [6.45, 7) is 5.15. The second-order valence-corrected chi connectivity index (χ2v) is 9.25. The fourth-order valence-electron chi connectivity index (χ4n) is 3.74. The number of benzene rings is 1. The van der Waals surface area contributed by atoms with Gasteiger partial charge >= 0.3 is 0 Å². The molecule has 1 aliphatic rings. The second kappa shape index (κ2) is 7.68. The van der Waals surface area contributed by atoms with Gasteiger partial charge in [0.15, 0.2) is 0 Å². The molecule has 1 atom stereocenters. The van der Waals surface area contributed by atoms with Crippen molar-refractivity contribution in [2.24, 2.45) is 0 Å². The van der Waals surface area contributed by atoms with Gasteiger partial charge in [-0.3, -0.25) is 0 Å². The predicted molar refractivity (Wildman–Crippen MR) is 112 cm³/mol. The summed E-state index contributed by atoms with van der Waals surface area (Å²) in [6.07, 6.45) is 3.23. The molecule has 2 aromatic heterocycles. The third-order valence-electron chi connectivity index (χ3n) is 5.38. The molecule has 7 nitrogen and oxygen atoms in total. The average Bonchev–Trinajstić information content (AvgIpc) is 3.37. The van der Waals surface area contributed by atoms with E-state index in [1.165, 1.54) is 10.5 Å². The average molecular weight is 416 g/mol. The van der Waals surface area contributed by atoms with Gasteiger partial charge in [0, 0.05) is 30.2 Å². The lowest BCUT2D eigenvalue weighted by Crippen LogP contribution is -2.27. The molecule has 1 fully saturated rings. The van der Waals surface area contributed by atoms with Gasteiger partial charge in [-0.05, 0) is 57.0 Å². The molecule has 4 rings (SSSR count). The number of fused-ring (bicyclic) bond motifs is 1. The summed E-state index contributed by atoms with van der Waals surface area (Å²) in [4.78, 5) is 4.54. The van der Waals surface area contributed by atoms with E-state index in [4.69, 9.17) is 9.15 Å². The zero-order chi connectivity index (χ0) is 20.6. The van der Waals surface area contributed by atoms with Gasteiger partial charge in [0.1, 0.15) is 27.8 Å². The van der Waals surface area contributed by atoms with Crippen molar-refractivity contribution in [1.29, 1.82) is 0 Å².